The molecule has 142 valence electrons. The quantitative estimate of drug-likeness (QED) is 0.395. The molecule has 0 unspecified atom stereocenters. The predicted molar refractivity (Wildman–Crippen MR) is 97.7 cm³/mol. The number of morpholine rings is 1. The van der Waals surface area contributed by atoms with Crippen LogP contribution in [0.5, 0.6) is 0 Å². The number of rotatable bonds is 3. The Bertz CT molecular complexity index is 733. The minimum Gasteiger partial charge on any atom is -0.378 e. The number of benzene rings is 1. The highest BCUT2D eigenvalue weighted by Crippen LogP contribution is 2.32. The molecular weight excluding hydrogens is 474 g/mol. The zero-order valence-electron chi connectivity index (χ0n) is 13.4. The highest BCUT2D eigenvalue weighted by atomic mass is 127. The zero-order valence-corrected chi connectivity index (χ0v) is 16.6. The Hall–Kier alpha value is -1.08. The van der Waals surface area contributed by atoms with Gasteiger partial charge in [0.15, 0.2) is 15.8 Å². The fourth-order valence-electron chi connectivity index (χ4n) is 2.19. The summed E-state index contributed by atoms with van der Waals surface area (Å²) in [6.45, 7) is 1.95. The second-order valence-corrected chi connectivity index (χ2v) is 7.43. The first-order valence-electron chi connectivity index (χ1n) is 7.11. The minimum absolute atomic E-state index is 0. The van der Waals surface area contributed by atoms with Crippen molar-refractivity contribution in [2.24, 2.45) is 10.7 Å². The maximum absolute atomic E-state index is 12.9. The molecule has 0 amide bonds. The van der Waals surface area contributed by atoms with E-state index >= 15 is 0 Å². The van der Waals surface area contributed by atoms with Crippen LogP contribution in [-0.4, -0.2) is 51.8 Å². The van der Waals surface area contributed by atoms with Crippen molar-refractivity contribution in [2.45, 2.75) is 17.6 Å². The zero-order chi connectivity index (χ0) is 18.0. The van der Waals surface area contributed by atoms with Crippen LogP contribution < -0.4 is 5.73 Å². The SMILES string of the molecule is CS(=O)(=O)c1cc(CN=C(N)N2CCOCC2)cc(C(F)(F)F)c1.I. The van der Waals surface area contributed by atoms with E-state index in [4.69, 9.17) is 10.5 Å². The first-order chi connectivity index (χ1) is 11.1. The Balaban J connectivity index is 0.00000312. The molecule has 2 rings (SSSR count). The maximum Gasteiger partial charge on any atom is 0.416 e. The van der Waals surface area contributed by atoms with Gasteiger partial charge in [-0.25, -0.2) is 13.4 Å². The highest BCUT2D eigenvalue weighted by molar-refractivity contribution is 14.0. The molecule has 0 saturated carbocycles. The van der Waals surface area contributed by atoms with Gasteiger partial charge in [0.1, 0.15) is 0 Å². The molecular formula is C14H19F3IN3O3S. The molecule has 1 aliphatic rings. The van der Waals surface area contributed by atoms with Gasteiger partial charge >= 0.3 is 6.18 Å². The van der Waals surface area contributed by atoms with Crippen LogP contribution in [0.25, 0.3) is 0 Å². The van der Waals surface area contributed by atoms with E-state index in [2.05, 4.69) is 4.99 Å². The number of guanidine groups is 1. The van der Waals surface area contributed by atoms with Gasteiger partial charge in [0.25, 0.3) is 0 Å². The number of ether oxygens (including phenoxy) is 1. The van der Waals surface area contributed by atoms with E-state index in [0.717, 1.165) is 12.3 Å². The third-order valence-corrected chi connectivity index (χ3v) is 4.57. The first-order valence-corrected chi connectivity index (χ1v) is 9.00. The molecule has 2 N–H and O–H groups in total. The van der Waals surface area contributed by atoms with Crippen LogP contribution in [0.2, 0.25) is 0 Å². The Morgan fingerprint density at radius 2 is 1.88 bits per heavy atom. The third kappa shape index (κ3) is 6.29. The van der Waals surface area contributed by atoms with E-state index in [1.54, 1.807) is 4.90 Å². The van der Waals surface area contributed by atoms with Crippen molar-refractivity contribution in [3.8, 4) is 0 Å². The summed E-state index contributed by atoms with van der Waals surface area (Å²) >= 11 is 0. The molecule has 1 aromatic rings. The van der Waals surface area contributed by atoms with E-state index in [1.807, 2.05) is 0 Å². The summed E-state index contributed by atoms with van der Waals surface area (Å²) in [6.07, 6.45) is -3.79. The lowest BCUT2D eigenvalue weighted by Gasteiger charge is -2.27. The van der Waals surface area contributed by atoms with Crippen LogP contribution in [0, 0.1) is 0 Å². The summed E-state index contributed by atoms with van der Waals surface area (Å²) in [6, 6.07) is 2.68. The monoisotopic (exact) mass is 493 g/mol. The lowest BCUT2D eigenvalue weighted by Crippen LogP contribution is -2.44. The maximum atomic E-state index is 12.9. The summed E-state index contributed by atoms with van der Waals surface area (Å²) in [5.41, 5.74) is 4.92. The van der Waals surface area contributed by atoms with E-state index in [0.29, 0.717) is 32.4 Å². The van der Waals surface area contributed by atoms with Crippen LogP contribution in [0.3, 0.4) is 0 Å². The molecule has 6 nitrogen and oxygen atoms in total. The van der Waals surface area contributed by atoms with E-state index < -0.39 is 26.5 Å². The van der Waals surface area contributed by atoms with E-state index in [-0.39, 0.29) is 42.0 Å². The Morgan fingerprint density at radius 1 is 1.28 bits per heavy atom. The first kappa shape index (κ1) is 22.0. The topological polar surface area (TPSA) is 85.0 Å². The molecule has 25 heavy (non-hydrogen) atoms. The summed E-state index contributed by atoms with van der Waals surface area (Å²) < 4.78 is 67.2. The number of hydrogen-bond donors (Lipinski definition) is 1. The molecule has 0 aliphatic carbocycles. The van der Waals surface area contributed by atoms with Crippen molar-refractivity contribution in [3.05, 3.63) is 29.3 Å². The Morgan fingerprint density at radius 3 is 2.40 bits per heavy atom. The largest absolute Gasteiger partial charge is 0.416 e. The van der Waals surface area contributed by atoms with Gasteiger partial charge in [-0.1, -0.05) is 0 Å². The minimum atomic E-state index is -4.64. The normalized spacial score (nSPS) is 16.5. The van der Waals surface area contributed by atoms with Crippen molar-refractivity contribution >= 4 is 39.8 Å². The lowest BCUT2D eigenvalue weighted by molar-refractivity contribution is -0.137. The third-order valence-electron chi connectivity index (χ3n) is 3.48. The number of alkyl halides is 3. The van der Waals surface area contributed by atoms with Crippen molar-refractivity contribution in [1.82, 2.24) is 4.90 Å². The van der Waals surface area contributed by atoms with Crippen LogP contribution in [0.15, 0.2) is 28.1 Å². The van der Waals surface area contributed by atoms with Gasteiger partial charge in [-0.15, -0.1) is 24.0 Å². The van der Waals surface area contributed by atoms with Gasteiger partial charge < -0.3 is 15.4 Å². The molecule has 1 saturated heterocycles. The fourth-order valence-corrected chi connectivity index (χ4v) is 2.90. The summed E-state index contributed by atoms with van der Waals surface area (Å²) in [5, 5.41) is 0. The fraction of sp³-hybridized carbons (Fsp3) is 0.500. The van der Waals surface area contributed by atoms with Gasteiger partial charge in [-0.2, -0.15) is 13.2 Å². The Labute approximate surface area is 161 Å². The standard InChI is InChI=1S/C14H18F3N3O3S.HI/c1-24(21,22)12-7-10(6-11(8-12)14(15,16)17)9-19-13(18)20-2-4-23-5-3-20;/h6-8H,2-5,9H2,1H3,(H2,18,19);1H. The van der Waals surface area contributed by atoms with Crippen LogP contribution in [0.1, 0.15) is 11.1 Å². The molecule has 0 bridgehead atoms. The number of nitrogens with zero attached hydrogens (tertiary/aromatic N) is 2. The molecule has 1 heterocycles. The van der Waals surface area contributed by atoms with Crippen molar-refractivity contribution < 1.29 is 26.3 Å². The highest BCUT2D eigenvalue weighted by Gasteiger charge is 2.32. The number of sulfone groups is 1. The van der Waals surface area contributed by atoms with Gasteiger partial charge in [0.2, 0.25) is 0 Å². The molecule has 0 spiro atoms. The van der Waals surface area contributed by atoms with Crippen LogP contribution in [0.4, 0.5) is 13.2 Å². The van der Waals surface area contributed by atoms with Crippen molar-refractivity contribution in [1.29, 1.82) is 0 Å². The average molecular weight is 493 g/mol. The second-order valence-electron chi connectivity index (χ2n) is 5.41. The molecule has 1 aliphatic heterocycles. The predicted octanol–water partition coefficient (Wildman–Crippen LogP) is 1.87. The smallest absolute Gasteiger partial charge is 0.378 e. The lowest BCUT2D eigenvalue weighted by atomic mass is 10.1. The summed E-state index contributed by atoms with van der Waals surface area (Å²) in [4.78, 5) is 5.43. The molecule has 11 heteroatoms. The van der Waals surface area contributed by atoms with Gasteiger partial charge in [-0.3, -0.25) is 0 Å². The molecule has 0 radical (unpaired) electrons. The van der Waals surface area contributed by atoms with E-state index in [1.165, 1.54) is 6.07 Å². The van der Waals surface area contributed by atoms with Gasteiger partial charge in [0, 0.05) is 19.3 Å². The van der Waals surface area contributed by atoms with Gasteiger partial charge in [-0.05, 0) is 23.8 Å². The Kier molecular flexibility index (Phi) is 7.50. The van der Waals surface area contributed by atoms with E-state index in [9.17, 15) is 21.6 Å². The number of aliphatic imine (C=N–C) groups is 1. The van der Waals surface area contributed by atoms with Crippen LogP contribution >= 0.6 is 24.0 Å². The summed E-state index contributed by atoms with van der Waals surface area (Å²) in [5.74, 6) is 0.191. The molecule has 0 aromatic heterocycles. The summed E-state index contributed by atoms with van der Waals surface area (Å²) in [7, 11) is -3.77. The number of halogens is 4. The van der Waals surface area contributed by atoms with Crippen molar-refractivity contribution in [3.63, 3.8) is 0 Å². The number of nitrogens with two attached hydrogens (primary N) is 1. The van der Waals surface area contributed by atoms with Crippen LogP contribution in [-0.2, 0) is 27.3 Å². The average Bonchev–Trinajstić information content (AvgIpc) is 2.51. The molecule has 1 aromatic carbocycles. The second kappa shape index (κ2) is 8.54. The molecule has 1 fully saturated rings. The van der Waals surface area contributed by atoms with Gasteiger partial charge in [0.05, 0.1) is 30.2 Å². The van der Waals surface area contributed by atoms with Crippen molar-refractivity contribution in [2.75, 3.05) is 32.6 Å². The number of hydrogen-bond acceptors (Lipinski definition) is 4. The molecule has 0 atom stereocenters.